The minimum absolute atomic E-state index is 0.131. The maximum atomic E-state index is 13.8. The SMILES string of the molecule is CCOc1cccc(C2CC(c3ccc(C)cc3)=NC(c3ccc(F)c(Br)c3)N2)c1O. The van der Waals surface area contributed by atoms with E-state index in [1.54, 1.807) is 18.2 Å². The van der Waals surface area contributed by atoms with Crippen molar-refractivity contribution < 1.29 is 14.2 Å². The first kappa shape index (κ1) is 21.5. The lowest BCUT2D eigenvalue weighted by atomic mass is 9.93. The number of para-hydroxylation sites is 1. The van der Waals surface area contributed by atoms with Crippen LogP contribution >= 0.6 is 15.9 Å². The highest BCUT2D eigenvalue weighted by Crippen LogP contribution is 2.39. The summed E-state index contributed by atoms with van der Waals surface area (Å²) in [6.07, 6.45) is 0.215. The molecule has 0 spiro atoms. The number of nitrogens with zero attached hydrogens (tertiary/aromatic N) is 1. The molecule has 0 aromatic heterocycles. The van der Waals surface area contributed by atoms with Crippen LogP contribution in [0.25, 0.3) is 0 Å². The van der Waals surface area contributed by atoms with Gasteiger partial charge in [-0.25, -0.2) is 4.39 Å². The number of rotatable bonds is 5. The number of ether oxygens (including phenoxy) is 1. The molecule has 0 fully saturated rings. The molecule has 3 aromatic rings. The fourth-order valence-corrected chi connectivity index (χ4v) is 4.17. The number of phenolic OH excluding ortho intramolecular Hbond substituents is 1. The summed E-state index contributed by atoms with van der Waals surface area (Å²) >= 11 is 3.27. The number of hydrogen-bond acceptors (Lipinski definition) is 4. The summed E-state index contributed by atoms with van der Waals surface area (Å²) in [6, 6.07) is 18.5. The number of hydrogen-bond donors (Lipinski definition) is 2. The van der Waals surface area contributed by atoms with Gasteiger partial charge in [-0.15, -0.1) is 0 Å². The van der Waals surface area contributed by atoms with Crippen molar-refractivity contribution in [1.29, 1.82) is 0 Å². The summed E-state index contributed by atoms with van der Waals surface area (Å²) in [5, 5.41) is 14.3. The van der Waals surface area contributed by atoms with Gasteiger partial charge in [-0.3, -0.25) is 10.3 Å². The Bertz CT molecular complexity index is 1120. The molecule has 1 aliphatic heterocycles. The maximum Gasteiger partial charge on any atom is 0.162 e. The van der Waals surface area contributed by atoms with Crippen LogP contribution in [-0.4, -0.2) is 17.4 Å². The molecule has 3 aromatic carbocycles. The standard InChI is InChI=1S/C25H24BrFN2O2/c1-3-31-23-6-4-5-18(24(23)30)22-14-21(16-9-7-15(2)8-10-16)28-25(29-22)17-11-12-20(27)19(26)13-17/h4-13,22,25,29-30H,3,14H2,1-2H3. The van der Waals surface area contributed by atoms with Crippen molar-refractivity contribution in [3.8, 4) is 11.5 Å². The van der Waals surface area contributed by atoms with Gasteiger partial charge in [0.15, 0.2) is 11.5 Å². The van der Waals surface area contributed by atoms with Crippen LogP contribution in [0.4, 0.5) is 4.39 Å². The van der Waals surface area contributed by atoms with Gasteiger partial charge in [0.25, 0.3) is 0 Å². The number of benzene rings is 3. The predicted molar refractivity (Wildman–Crippen MR) is 124 cm³/mol. The van der Waals surface area contributed by atoms with Crippen LogP contribution in [0.2, 0.25) is 0 Å². The second-order valence-electron chi connectivity index (χ2n) is 7.57. The largest absolute Gasteiger partial charge is 0.504 e. The van der Waals surface area contributed by atoms with Crippen LogP contribution in [0.15, 0.2) is 70.1 Å². The number of aryl methyl sites for hydroxylation is 1. The van der Waals surface area contributed by atoms with E-state index in [1.165, 1.54) is 11.6 Å². The Labute approximate surface area is 189 Å². The van der Waals surface area contributed by atoms with Gasteiger partial charge >= 0.3 is 0 Å². The first-order valence-electron chi connectivity index (χ1n) is 10.3. The lowest BCUT2D eigenvalue weighted by molar-refractivity contribution is 0.313. The zero-order valence-electron chi connectivity index (χ0n) is 17.4. The fraction of sp³-hybridized carbons (Fsp3) is 0.240. The third kappa shape index (κ3) is 4.65. The van der Waals surface area contributed by atoms with Gasteiger partial charge in [0.1, 0.15) is 12.0 Å². The van der Waals surface area contributed by atoms with E-state index in [9.17, 15) is 9.50 Å². The zero-order chi connectivity index (χ0) is 22.0. The molecule has 1 aliphatic rings. The van der Waals surface area contributed by atoms with E-state index in [0.29, 0.717) is 23.2 Å². The molecule has 4 nitrogen and oxygen atoms in total. The Balaban J connectivity index is 1.76. The van der Waals surface area contributed by atoms with Crippen molar-refractivity contribution in [3.05, 3.63) is 93.2 Å². The lowest BCUT2D eigenvalue weighted by Gasteiger charge is -2.31. The molecular formula is C25H24BrFN2O2. The highest BCUT2D eigenvalue weighted by molar-refractivity contribution is 9.10. The van der Waals surface area contributed by atoms with E-state index < -0.39 is 0 Å². The van der Waals surface area contributed by atoms with E-state index in [1.807, 2.05) is 26.0 Å². The molecule has 4 rings (SSSR count). The molecule has 0 saturated carbocycles. The van der Waals surface area contributed by atoms with E-state index in [4.69, 9.17) is 9.73 Å². The Morgan fingerprint density at radius 1 is 1.16 bits per heavy atom. The fourth-order valence-electron chi connectivity index (χ4n) is 3.77. The van der Waals surface area contributed by atoms with Crippen molar-refractivity contribution in [1.82, 2.24) is 5.32 Å². The van der Waals surface area contributed by atoms with Crippen molar-refractivity contribution in [2.45, 2.75) is 32.5 Å². The molecule has 0 aliphatic carbocycles. The Hall–Kier alpha value is -2.70. The first-order valence-corrected chi connectivity index (χ1v) is 11.0. The summed E-state index contributed by atoms with van der Waals surface area (Å²) in [5.41, 5.74) is 4.72. The van der Waals surface area contributed by atoms with Gasteiger partial charge in [-0.1, -0.05) is 48.0 Å². The molecule has 2 atom stereocenters. The van der Waals surface area contributed by atoms with Gasteiger partial charge in [-0.05, 0) is 59.1 Å². The molecule has 0 amide bonds. The van der Waals surface area contributed by atoms with Gasteiger partial charge in [0.05, 0.1) is 11.1 Å². The van der Waals surface area contributed by atoms with E-state index in [2.05, 4.69) is 45.5 Å². The molecular weight excluding hydrogens is 459 g/mol. The lowest BCUT2D eigenvalue weighted by Crippen LogP contribution is -2.33. The second kappa shape index (κ2) is 9.20. The molecule has 0 radical (unpaired) electrons. The van der Waals surface area contributed by atoms with Crippen LogP contribution in [0.5, 0.6) is 11.5 Å². The third-order valence-electron chi connectivity index (χ3n) is 5.39. The van der Waals surface area contributed by atoms with Crippen LogP contribution in [-0.2, 0) is 0 Å². The summed E-state index contributed by atoms with van der Waals surface area (Å²) in [6.45, 7) is 4.40. The minimum atomic E-state index is -0.387. The Kier molecular flexibility index (Phi) is 6.39. The highest BCUT2D eigenvalue weighted by atomic mass is 79.9. The van der Waals surface area contributed by atoms with Gasteiger partial charge in [0, 0.05) is 23.7 Å². The van der Waals surface area contributed by atoms with Crippen molar-refractivity contribution in [3.63, 3.8) is 0 Å². The second-order valence-corrected chi connectivity index (χ2v) is 8.42. The van der Waals surface area contributed by atoms with Gasteiger partial charge < -0.3 is 9.84 Å². The van der Waals surface area contributed by atoms with Crippen molar-refractivity contribution >= 4 is 21.6 Å². The molecule has 2 unspecified atom stereocenters. The number of aromatic hydroxyl groups is 1. The average molecular weight is 483 g/mol. The molecule has 1 heterocycles. The maximum absolute atomic E-state index is 13.8. The summed E-state index contributed by atoms with van der Waals surface area (Å²) in [4.78, 5) is 4.94. The van der Waals surface area contributed by atoms with Crippen molar-refractivity contribution in [2.75, 3.05) is 6.61 Å². The Morgan fingerprint density at radius 3 is 2.65 bits per heavy atom. The topological polar surface area (TPSA) is 53.8 Å². The van der Waals surface area contributed by atoms with Crippen LogP contribution in [0, 0.1) is 12.7 Å². The van der Waals surface area contributed by atoms with E-state index in [-0.39, 0.29) is 23.8 Å². The minimum Gasteiger partial charge on any atom is -0.504 e. The third-order valence-corrected chi connectivity index (χ3v) is 6.00. The van der Waals surface area contributed by atoms with Crippen LogP contribution in [0.1, 0.15) is 47.8 Å². The van der Waals surface area contributed by atoms with Crippen LogP contribution in [0.3, 0.4) is 0 Å². The summed E-state index contributed by atoms with van der Waals surface area (Å²) in [5.74, 6) is 0.272. The summed E-state index contributed by atoms with van der Waals surface area (Å²) < 4.78 is 19.8. The number of halogens is 2. The molecule has 31 heavy (non-hydrogen) atoms. The first-order chi connectivity index (χ1) is 15.0. The summed E-state index contributed by atoms with van der Waals surface area (Å²) in [7, 11) is 0. The predicted octanol–water partition coefficient (Wildman–Crippen LogP) is 6.22. The molecule has 160 valence electrons. The smallest absolute Gasteiger partial charge is 0.162 e. The van der Waals surface area contributed by atoms with E-state index >= 15 is 0 Å². The Morgan fingerprint density at radius 2 is 1.94 bits per heavy atom. The van der Waals surface area contributed by atoms with Gasteiger partial charge in [-0.2, -0.15) is 0 Å². The quantitative estimate of drug-likeness (QED) is 0.453. The molecule has 0 bridgehead atoms. The van der Waals surface area contributed by atoms with Crippen LogP contribution < -0.4 is 10.1 Å². The van der Waals surface area contributed by atoms with E-state index in [0.717, 1.165) is 22.4 Å². The van der Waals surface area contributed by atoms with Gasteiger partial charge in [0.2, 0.25) is 0 Å². The number of phenols is 1. The average Bonchev–Trinajstić information content (AvgIpc) is 2.77. The highest BCUT2D eigenvalue weighted by Gasteiger charge is 2.28. The molecule has 2 N–H and O–H groups in total. The molecule has 0 saturated heterocycles. The number of nitrogens with one attached hydrogen (secondary N) is 1. The zero-order valence-corrected chi connectivity index (χ0v) is 19.0. The van der Waals surface area contributed by atoms with Crippen molar-refractivity contribution in [2.24, 2.45) is 4.99 Å². The monoisotopic (exact) mass is 482 g/mol. The normalized spacial score (nSPS) is 18.5. The molecule has 6 heteroatoms. The number of aliphatic imine (C=N–C) groups is 1.